The minimum absolute atomic E-state index is 0.00876. The van der Waals surface area contributed by atoms with E-state index in [1.807, 2.05) is 4.68 Å². The molecule has 0 saturated carbocycles. The van der Waals surface area contributed by atoms with Gasteiger partial charge in [0.05, 0.1) is 39.9 Å². The van der Waals surface area contributed by atoms with Crippen molar-refractivity contribution in [3.8, 4) is 0 Å². The van der Waals surface area contributed by atoms with Gasteiger partial charge in [0.15, 0.2) is 0 Å². The molecule has 2 rings (SSSR count). The Bertz CT molecular complexity index is 583. The molecule has 0 aromatic carbocycles. The van der Waals surface area contributed by atoms with Gasteiger partial charge in [-0.05, 0) is 44.5 Å². The first-order valence-electron chi connectivity index (χ1n) is 6.46. The van der Waals surface area contributed by atoms with Crippen molar-refractivity contribution < 1.29 is 4.74 Å². The summed E-state index contributed by atoms with van der Waals surface area (Å²) in [4.78, 5) is 1.18. The SMILES string of the molecule is CCNC(c1cc(Br)c(Br)s1)c1c(Cl)cnn1CCOC. The maximum absolute atomic E-state index is 6.37. The van der Waals surface area contributed by atoms with E-state index in [-0.39, 0.29) is 6.04 Å². The molecule has 1 N–H and O–H groups in total. The van der Waals surface area contributed by atoms with Gasteiger partial charge in [-0.1, -0.05) is 18.5 Å². The number of ether oxygens (including phenoxy) is 1. The van der Waals surface area contributed by atoms with Crippen LogP contribution in [-0.2, 0) is 11.3 Å². The van der Waals surface area contributed by atoms with Crippen LogP contribution in [0.4, 0.5) is 0 Å². The Morgan fingerprint density at radius 2 is 2.29 bits per heavy atom. The van der Waals surface area contributed by atoms with E-state index in [0.29, 0.717) is 18.2 Å². The largest absolute Gasteiger partial charge is 0.383 e. The van der Waals surface area contributed by atoms with Gasteiger partial charge in [-0.25, -0.2) is 0 Å². The highest BCUT2D eigenvalue weighted by atomic mass is 79.9. The number of aromatic nitrogens is 2. The van der Waals surface area contributed by atoms with Crippen molar-refractivity contribution in [1.29, 1.82) is 0 Å². The quantitative estimate of drug-likeness (QED) is 0.667. The highest BCUT2D eigenvalue weighted by molar-refractivity contribution is 9.13. The summed E-state index contributed by atoms with van der Waals surface area (Å²) in [5.41, 5.74) is 0.969. The lowest BCUT2D eigenvalue weighted by atomic mass is 10.1. The van der Waals surface area contributed by atoms with Crippen molar-refractivity contribution in [3.63, 3.8) is 0 Å². The summed E-state index contributed by atoms with van der Waals surface area (Å²) in [6.45, 7) is 4.19. The van der Waals surface area contributed by atoms with Gasteiger partial charge in [-0.15, -0.1) is 11.3 Å². The van der Waals surface area contributed by atoms with E-state index in [2.05, 4.69) is 55.3 Å². The summed E-state index contributed by atoms with van der Waals surface area (Å²) in [6.07, 6.45) is 1.69. The molecular formula is C13H16Br2ClN3OS. The van der Waals surface area contributed by atoms with E-state index in [9.17, 15) is 0 Å². The first-order valence-corrected chi connectivity index (χ1v) is 9.24. The molecule has 0 aliphatic rings. The number of halogens is 3. The van der Waals surface area contributed by atoms with Crippen molar-refractivity contribution >= 4 is 54.8 Å². The third-order valence-electron chi connectivity index (χ3n) is 2.97. The molecular weight excluding hydrogens is 441 g/mol. The number of thiophene rings is 1. The van der Waals surface area contributed by atoms with E-state index in [4.69, 9.17) is 16.3 Å². The Morgan fingerprint density at radius 1 is 1.52 bits per heavy atom. The maximum Gasteiger partial charge on any atom is 0.0857 e. The molecule has 116 valence electrons. The number of hydrogen-bond donors (Lipinski definition) is 1. The van der Waals surface area contributed by atoms with Crippen LogP contribution in [0.2, 0.25) is 5.02 Å². The van der Waals surface area contributed by atoms with E-state index >= 15 is 0 Å². The minimum Gasteiger partial charge on any atom is -0.383 e. The summed E-state index contributed by atoms with van der Waals surface area (Å²) in [5, 5.41) is 8.50. The van der Waals surface area contributed by atoms with Crippen LogP contribution in [0.25, 0.3) is 0 Å². The smallest absolute Gasteiger partial charge is 0.0857 e. The number of nitrogens with one attached hydrogen (secondary N) is 1. The summed E-state index contributed by atoms with van der Waals surface area (Å²) >= 11 is 15.1. The van der Waals surface area contributed by atoms with Crippen LogP contribution >= 0.6 is 54.8 Å². The molecule has 0 bridgehead atoms. The van der Waals surface area contributed by atoms with Crippen LogP contribution in [0, 0.1) is 0 Å². The molecule has 0 radical (unpaired) electrons. The predicted octanol–water partition coefficient (Wildman–Crippen LogP) is 4.47. The summed E-state index contributed by atoms with van der Waals surface area (Å²) in [6, 6.07) is 2.11. The fourth-order valence-corrected chi connectivity index (χ4v) is 4.48. The standard InChI is InChI=1S/C13H16Br2ClN3OS/c1-3-17-11(10-6-8(14)13(15)21-10)12-9(16)7-18-19(12)4-5-20-2/h6-7,11,17H,3-5H2,1-2H3. The Hall–Kier alpha value is 0.0800. The Balaban J connectivity index is 2.40. The molecule has 8 heteroatoms. The van der Waals surface area contributed by atoms with Crippen LogP contribution in [0.3, 0.4) is 0 Å². The number of nitrogens with zero attached hydrogens (tertiary/aromatic N) is 2. The van der Waals surface area contributed by atoms with Crippen LogP contribution in [-0.4, -0.2) is 30.0 Å². The van der Waals surface area contributed by atoms with Crippen molar-refractivity contribution in [1.82, 2.24) is 15.1 Å². The lowest BCUT2D eigenvalue weighted by Crippen LogP contribution is -2.25. The van der Waals surface area contributed by atoms with Crippen LogP contribution in [0.15, 0.2) is 20.5 Å². The minimum atomic E-state index is 0.00876. The van der Waals surface area contributed by atoms with E-state index < -0.39 is 0 Å². The van der Waals surface area contributed by atoms with Gasteiger partial charge in [0.25, 0.3) is 0 Å². The van der Waals surface area contributed by atoms with E-state index in [1.165, 1.54) is 4.88 Å². The van der Waals surface area contributed by atoms with Crippen molar-refractivity contribution in [2.24, 2.45) is 0 Å². The molecule has 0 aliphatic carbocycles. The molecule has 21 heavy (non-hydrogen) atoms. The molecule has 0 fully saturated rings. The Labute approximate surface area is 150 Å². The zero-order chi connectivity index (χ0) is 15.4. The number of methoxy groups -OCH3 is 1. The van der Waals surface area contributed by atoms with Gasteiger partial charge >= 0.3 is 0 Å². The molecule has 0 aliphatic heterocycles. The molecule has 2 aromatic rings. The second-order valence-electron chi connectivity index (χ2n) is 4.35. The van der Waals surface area contributed by atoms with Crippen molar-refractivity contribution in [2.75, 3.05) is 20.3 Å². The molecule has 2 heterocycles. The van der Waals surface area contributed by atoms with Crippen LogP contribution < -0.4 is 5.32 Å². The van der Waals surface area contributed by atoms with Gasteiger partial charge in [0.2, 0.25) is 0 Å². The fraction of sp³-hybridized carbons (Fsp3) is 0.462. The zero-order valence-electron chi connectivity index (χ0n) is 11.7. The average molecular weight is 458 g/mol. The topological polar surface area (TPSA) is 39.1 Å². The lowest BCUT2D eigenvalue weighted by Gasteiger charge is -2.19. The second kappa shape index (κ2) is 8.08. The summed E-state index contributed by atoms with van der Waals surface area (Å²) < 4.78 is 9.16. The maximum atomic E-state index is 6.37. The van der Waals surface area contributed by atoms with E-state index in [1.54, 1.807) is 24.6 Å². The van der Waals surface area contributed by atoms with Gasteiger partial charge in [-0.3, -0.25) is 4.68 Å². The number of hydrogen-bond acceptors (Lipinski definition) is 4. The first kappa shape index (κ1) is 17.4. The molecule has 0 amide bonds. The fourth-order valence-electron chi connectivity index (χ4n) is 2.06. The van der Waals surface area contributed by atoms with Crippen molar-refractivity contribution in [2.45, 2.75) is 19.5 Å². The third-order valence-corrected chi connectivity index (χ3v) is 6.58. The third kappa shape index (κ3) is 4.09. The molecule has 2 aromatic heterocycles. The predicted molar refractivity (Wildman–Crippen MR) is 94.4 cm³/mol. The number of rotatable bonds is 7. The van der Waals surface area contributed by atoms with Gasteiger partial charge in [0.1, 0.15) is 0 Å². The van der Waals surface area contributed by atoms with E-state index in [0.717, 1.165) is 20.5 Å². The average Bonchev–Trinajstić information content (AvgIpc) is 2.98. The molecule has 1 atom stereocenters. The van der Waals surface area contributed by atoms with Gasteiger partial charge < -0.3 is 10.1 Å². The van der Waals surface area contributed by atoms with Gasteiger partial charge in [-0.2, -0.15) is 5.10 Å². The molecule has 4 nitrogen and oxygen atoms in total. The summed E-state index contributed by atoms with van der Waals surface area (Å²) in [5.74, 6) is 0. The lowest BCUT2D eigenvalue weighted by molar-refractivity contribution is 0.182. The monoisotopic (exact) mass is 455 g/mol. The second-order valence-corrected chi connectivity index (χ2v) is 8.02. The first-order chi connectivity index (χ1) is 10.1. The Kier molecular flexibility index (Phi) is 6.71. The van der Waals surface area contributed by atoms with Crippen LogP contribution in [0.1, 0.15) is 23.5 Å². The molecule has 1 unspecified atom stereocenters. The van der Waals surface area contributed by atoms with Gasteiger partial charge in [0, 0.05) is 16.5 Å². The summed E-state index contributed by atoms with van der Waals surface area (Å²) in [7, 11) is 1.68. The van der Waals surface area contributed by atoms with Crippen LogP contribution in [0.5, 0.6) is 0 Å². The highest BCUT2D eigenvalue weighted by Crippen LogP contribution is 2.39. The molecule has 0 spiro atoms. The zero-order valence-corrected chi connectivity index (χ0v) is 16.4. The molecule has 0 saturated heterocycles. The normalized spacial score (nSPS) is 12.8. The highest BCUT2D eigenvalue weighted by Gasteiger charge is 2.24. The van der Waals surface area contributed by atoms with Crippen molar-refractivity contribution in [3.05, 3.63) is 36.1 Å². The Morgan fingerprint density at radius 3 is 2.86 bits per heavy atom.